The minimum absolute atomic E-state index is 0.508. The van der Waals surface area contributed by atoms with Crippen LogP contribution in [0.5, 0.6) is 11.5 Å². The zero-order valence-corrected chi connectivity index (χ0v) is 40.4. The first kappa shape index (κ1) is 40.8. The molecule has 0 atom stereocenters. The van der Waals surface area contributed by atoms with Crippen LogP contribution in [0, 0.1) is 0 Å². The molecule has 73 heavy (non-hydrogen) atoms. The van der Waals surface area contributed by atoms with Gasteiger partial charge in [-0.15, -0.1) is 0 Å². The Morgan fingerprint density at radius 1 is 0.315 bits per heavy atom. The summed E-state index contributed by atoms with van der Waals surface area (Å²) < 4.78 is 6.80. The van der Waals surface area contributed by atoms with Crippen LogP contribution in [0.3, 0.4) is 0 Å². The molecule has 4 aliphatic rings. The quantitative estimate of drug-likeness (QED) is 0.178. The molecule has 3 heteroatoms. The highest BCUT2D eigenvalue weighted by molar-refractivity contribution is 7.99. The Balaban J connectivity index is 0.941. The van der Waals surface area contributed by atoms with Gasteiger partial charge in [-0.1, -0.05) is 212 Å². The van der Waals surface area contributed by atoms with Crippen molar-refractivity contribution < 1.29 is 4.74 Å². The molecule has 0 fully saturated rings. The Morgan fingerprint density at radius 2 is 0.849 bits per heavy atom. The lowest BCUT2D eigenvalue weighted by Crippen LogP contribution is -2.32. The molecule has 12 aromatic rings. The summed E-state index contributed by atoms with van der Waals surface area (Å²) in [6.45, 7) is 0. The third kappa shape index (κ3) is 5.55. The number of anilines is 2. The van der Waals surface area contributed by atoms with E-state index in [0.717, 1.165) is 39.6 Å². The van der Waals surface area contributed by atoms with Gasteiger partial charge in [-0.3, -0.25) is 0 Å². The molecule has 2 heterocycles. The summed E-state index contributed by atoms with van der Waals surface area (Å²) in [6.07, 6.45) is 0. The lowest BCUT2D eigenvalue weighted by Gasteiger charge is -2.40. The third-order valence-corrected chi connectivity index (χ3v) is 17.5. The fourth-order valence-corrected chi connectivity index (χ4v) is 14.6. The molecule has 0 saturated heterocycles. The van der Waals surface area contributed by atoms with Crippen molar-refractivity contribution in [3.05, 3.63) is 299 Å². The lowest BCUT2D eigenvalue weighted by atomic mass is 9.65. The van der Waals surface area contributed by atoms with E-state index >= 15 is 0 Å². The number of rotatable bonds is 4. The molecule has 0 amide bonds. The van der Waals surface area contributed by atoms with Crippen LogP contribution in [0.1, 0.15) is 44.5 Å². The minimum Gasteiger partial charge on any atom is -0.457 e. The van der Waals surface area contributed by atoms with Gasteiger partial charge in [0.25, 0.3) is 0 Å². The highest BCUT2D eigenvalue weighted by Gasteiger charge is 2.53. The van der Waals surface area contributed by atoms with Crippen molar-refractivity contribution in [1.29, 1.82) is 0 Å². The van der Waals surface area contributed by atoms with Crippen molar-refractivity contribution in [2.45, 2.75) is 20.6 Å². The first-order chi connectivity index (χ1) is 36.2. The molecular weight excluding hydrogens is 903 g/mol. The first-order valence-electron chi connectivity index (χ1n) is 25.2. The Kier molecular flexibility index (Phi) is 8.56. The van der Waals surface area contributed by atoms with E-state index in [4.69, 9.17) is 4.74 Å². The highest BCUT2D eigenvalue weighted by atomic mass is 32.2. The van der Waals surface area contributed by atoms with E-state index in [-0.39, 0.29) is 0 Å². The second-order valence-electron chi connectivity index (χ2n) is 19.9. The molecule has 0 unspecified atom stereocenters. The van der Waals surface area contributed by atoms with Crippen molar-refractivity contribution in [3.63, 3.8) is 0 Å². The fourth-order valence-electron chi connectivity index (χ4n) is 13.4. The SMILES string of the molecule is c1ccc2c(c1)Oc1ccccc1C21c2ccccc2-c2cc(Nc3ccc(-c4ccc5c(ccc6ccccc65)c4)cc3)c(-c3cccc4c3-c3ccccc3C43c4ccccc4Sc4ccccc43)cc21. The average molecular weight is 946 g/mol. The number of para-hydroxylation sites is 2. The molecule has 0 radical (unpaired) electrons. The third-order valence-electron chi connectivity index (χ3n) is 16.4. The molecule has 340 valence electrons. The molecule has 2 nitrogen and oxygen atoms in total. The summed E-state index contributed by atoms with van der Waals surface area (Å²) in [6, 6.07) is 94.7. The minimum atomic E-state index is -0.631. The fraction of sp³-hybridized carbons (Fsp3) is 0.0286. The number of fused-ring (bicyclic) bond motifs is 21. The van der Waals surface area contributed by atoms with Gasteiger partial charge in [0.1, 0.15) is 11.5 Å². The Hall–Kier alpha value is -8.89. The molecule has 0 saturated carbocycles. The van der Waals surface area contributed by atoms with Gasteiger partial charge in [-0.2, -0.15) is 0 Å². The Labute approximate surface area is 428 Å². The zero-order chi connectivity index (χ0) is 47.8. The molecule has 2 spiro atoms. The summed E-state index contributed by atoms with van der Waals surface area (Å²) in [5.74, 6) is 1.77. The Bertz CT molecular complexity index is 4230. The summed E-state index contributed by atoms with van der Waals surface area (Å²) in [7, 11) is 0. The van der Waals surface area contributed by atoms with E-state index in [2.05, 4.69) is 260 Å². The normalized spacial score (nSPS) is 14.3. The predicted octanol–water partition coefficient (Wildman–Crippen LogP) is 18.4. The van der Waals surface area contributed by atoms with E-state index in [1.807, 2.05) is 11.8 Å². The van der Waals surface area contributed by atoms with Gasteiger partial charge in [0, 0.05) is 37.9 Å². The average Bonchev–Trinajstić information content (AvgIpc) is 3.90. The van der Waals surface area contributed by atoms with Gasteiger partial charge < -0.3 is 10.1 Å². The molecular formula is C70H43NOS. The maximum atomic E-state index is 6.80. The number of nitrogens with one attached hydrogen (secondary N) is 1. The van der Waals surface area contributed by atoms with Crippen LogP contribution < -0.4 is 10.1 Å². The van der Waals surface area contributed by atoms with Crippen molar-refractivity contribution in [2.75, 3.05) is 5.32 Å². The summed E-state index contributed by atoms with van der Waals surface area (Å²) >= 11 is 1.89. The number of benzene rings is 12. The maximum absolute atomic E-state index is 6.80. The van der Waals surface area contributed by atoms with Crippen molar-refractivity contribution >= 4 is 44.7 Å². The van der Waals surface area contributed by atoms with Crippen molar-refractivity contribution in [2.24, 2.45) is 0 Å². The van der Waals surface area contributed by atoms with Crippen LogP contribution in [0.15, 0.2) is 265 Å². The van der Waals surface area contributed by atoms with Gasteiger partial charge in [0.2, 0.25) is 0 Å². The van der Waals surface area contributed by atoms with Gasteiger partial charge >= 0.3 is 0 Å². The number of hydrogen-bond acceptors (Lipinski definition) is 3. The predicted molar refractivity (Wildman–Crippen MR) is 301 cm³/mol. The first-order valence-corrected chi connectivity index (χ1v) is 26.0. The van der Waals surface area contributed by atoms with E-state index in [9.17, 15) is 0 Å². The van der Waals surface area contributed by atoms with E-state index in [0.29, 0.717) is 0 Å². The number of ether oxygens (including phenoxy) is 1. The monoisotopic (exact) mass is 945 g/mol. The Morgan fingerprint density at radius 3 is 1.59 bits per heavy atom. The van der Waals surface area contributed by atoms with Crippen molar-refractivity contribution in [1.82, 2.24) is 0 Å². The van der Waals surface area contributed by atoms with E-state index < -0.39 is 10.8 Å². The summed E-state index contributed by atoms with van der Waals surface area (Å²) in [4.78, 5) is 2.60. The maximum Gasteiger partial charge on any atom is 0.132 e. The second kappa shape index (κ2) is 15.3. The molecule has 0 aromatic heterocycles. The molecule has 16 rings (SSSR count). The van der Waals surface area contributed by atoms with Crippen LogP contribution in [-0.4, -0.2) is 0 Å². The smallest absolute Gasteiger partial charge is 0.132 e. The number of hydrogen-bond donors (Lipinski definition) is 1. The van der Waals surface area contributed by atoms with Crippen LogP contribution >= 0.6 is 11.8 Å². The van der Waals surface area contributed by atoms with Crippen LogP contribution in [-0.2, 0) is 10.8 Å². The largest absolute Gasteiger partial charge is 0.457 e. The summed E-state index contributed by atoms with van der Waals surface area (Å²) in [5, 5.41) is 9.14. The van der Waals surface area contributed by atoms with Crippen LogP contribution in [0.2, 0.25) is 0 Å². The standard InChI is InChI=1S/C70H43NOS/c1-2-17-48-44(16-1)32-33-46-40-45(36-39-49(46)48)43-34-37-47(38-35-43)71-63-42-53-50-18-3-5-21-55(50)69(57-23-7-11-28-64(57)72-65-29-12-8-24-58(65)69)62(53)41-54(63)51-20-15-27-61-68(51)52-19-4-6-22-56(52)70(61)59-25-9-13-30-66(59)73-67-31-14-10-26-60(67)70/h1-42,71H. The molecule has 12 aromatic carbocycles. The van der Waals surface area contributed by atoms with Crippen LogP contribution in [0.25, 0.3) is 66.1 Å². The highest BCUT2D eigenvalue weighted by Crippen LogP contribution is 2.66. The van der Waals surface area contributed by atoms with Gasteiger partial charge in [-0.25, -0.2) is 0 Å². The lowest BCUT2D eigenvalue weighted by molar-refractivity contribution is 0.436. The van der Waals surface area contributed by atoms with Crippen LogP contribution in [0.4, 0.5) is 11.4 Å². The van der Waals surface area contributed by atoms with E-state index in [1.54, 1.807) is 0 Å². The van der Waals surface area contributed by atoms with Crippen molar-refractivity contribution in [3.8, 4) is 56.0 Å². The van der Waals surface area contributed by atoms with Gasteiger partial charge in [0.15, 0.2) is 0 Å². The van der Waals surface area contributed by atoms with Gasteiger partial charge in [-0.05, 0) is 148 Å². The molecule has 0 bridgehead atoms. The molecule has 1 N–H and O–H groups in total. The van der Waals surface area contributed by atoms with Gasteiger partial charge in [0.05, 0.1) is 10.8 Å². The second-order valence-corrected chi connectivity index (χ2v) is 21.0. The molecule has 2 aliphatic carbocycles. The molecule has 2 aliphatic heterocycles. The zero-order valence-electron chi connectivity index (χ0n) is 39.6. The topological polar surface area (TPSA) is 21.3 Å². The summed E-state index contributed by atoms with van der Waals surface area (Å²) in [5.41, 5.74) is 20.8. The van der Waals surface area contributed by atoms with E-state index in [1.165, 1.54) is 104 Å².